The second-order valence-electron chi connectivity index (χ2n) is 9.47. The topological polar surface area (TPSA) is 113 Å². The van der Waals surface area contributed by atoms with Gasteiger partial charge in [-0.15, -0.1) is 0 Å². The third-order valence-electron chi connectivity index (χ3n) is 7.30. The number of amides is 3. The van der Waals surface area contributed by atoms with Crippen LogP contribution >= 0.6 is 0 Å². The highest BCUT2D eigenvalue weighted by atomic mass is 16.2. The van der Waals surface area contributed by atoms with Gasteiger partial charge in [-0.05, 0) is 37.0 Å². The summed E-state index contributed by atoms with van der Waals surface area (Å²) in [6.07, 6.45) is 5.81. The average Bonchev–Trinajstić information content (AvgIpc) is 3.43. The van der Waals surface area contributed by atoms with Crippen LogP contribution in [0.25, 0.3) is 11.0 Å². The molecular formula is C26H25N7O3. The molecule has 2 saturated heterocycles. The molecule has 2 aromatic heterocycles. The van der Waals surface area contributed by atoms with Gasteiger partial charge >= 0.3 is 0 Å². The Morgan fingerprint density at radius 3 is 2.72 bits per heavy atom. The summed E-state index contributed by atoms with van der Waals surface area (Å²) in [5.74, 6) is 7.03. The van der Waals surface area contributed by atoms with Crippen molar-refractivity contribution < 1.29 is 14.4 Å². The molecule has 6 rings (SSSR count). The minimum atomic E-state index is -0.624. The van der Waals surface area contributed by atoms with Gasteiger partial charge in [0.05, 0.1) is 11.6 Å². The fourth-order valence-electron chi connectivity index (χ4n) is 5.32. The van der Waals surface area contributed by atoms with E-state index in [0.717, 1.165) is 53.9 Å². The number of fused-ring (bicyclic) bond motifs is 2. The van der Waals surface area contributed by atoms with Crippen LogP contribution in [0.4, 0.5) is 5.82 Å². The first-order valence-corrected chi connectivity index (χ1v) is 12.2. The van der Waals surface area contributed by atoms with Crippen molar-refractivity contribution in [1.29, 1.82) is 0 Å². The van der Waals surface area contributed by atoms with Crippen molar-refractivity contribution in [2.45, 2.75) is 38.3 Å². The highest BCUT2D eigenvalue weighted by Crippen LogP contribution is 2.30. The molecule has 1 aromatic carbocycles. The Labute approximate surface area is 207 Å². The first kappa shape index (κ1) is 22.2. The summed E-state index contributed by atoms with van der Waals surface area (Å²) in [5, 5.41) is 7.61. The molecule has 3 amide bonds. The molecule has 10 heteroatoms. The van der Waals surface area contributed by atoms with Crippen LogP contribution in [0.1, 0.15) is 47.2 Å². The van der Waals surface area contributed by atoms with Gasteiger partial charge in [-0.25, -0.2) is 9.97 Å². The predicted octanol–water partition coefficient (Wildman–Crippen LogP) is 1.39. The second kappa shape index (κ2) is 8.75. The molecule has 3 aromatic rings. The number of hydrogen-bond donors (Lipinski definition) is 1. The van der Waals surface area contributed by atoms with E-state index in [1.165, 1.54) is 0 Å². The van der Waals surface area contributed by atoms with E-state index in [-0.39, 0.29) is 24.2 Å². The average molecular weight is 484 g/mol. The molecule has 0 aliphatic carbocycles. The second-order valence-corrected chi connectivity index (χ2v) is 9.47. The number of imide groups is 1. The molecule has 182 valence electrons. The summed E-state index contributed by atoms with van der Waals surface area (Å²) in [7, 11) is 1.87. The smallest absolute Gasteiger partial charge is 0.255 e. The lowest BCUT2D eigenvalue weighted by Gasteiger charge is -2.30. The summed E-state index contributed by atoms with van der Waals surface area (Å²) < 4.78 is 1.75. The van der Waals surface area contributed by atoms with Crippen molar-refractivity contribution in [2.24, 2.45) is 13.0 Å². The minimum absolute atomic E-state index is 0.178. The summed E-state index contributed by atoms with van der Waals surface area (Å²) in [6.45, 7) is 2.02. The number of aromatic nitrogens is 4. The molecule has 0 spiro atoms. The zero-order valence-corrected chi connectivity index (χ0v) is 19.9. The maximum absolute atomic E-state index is 13.0. The number of hydrogen-bond acceptors (Lipinski definition) is 7. The van der Waals surface area contributed by atoms with Crippen LogP contribution in [0.3, 0.4) is 0 Å². The number of anilines is 1. The Morgan fingerprint density at radius 1 is 1.08 bits per heavy atom. The zero-order chi connectivity index (χ0) is 24.8. The highest BCUT2D eigenvalue weighted by Gasteiger charge is 2.39. The van der Waals surface area contributed by atoms with Gasteiger partial charge in [0.1, 0.15) is 18.2 Å². The standard InChI is InChI=1S/C26H25N7O3/c1-31-23-19(13-29-31)24(28-15-27-23)32-11-9-16(10-12-32)5-6-17-3-2-4-18-20(17)14-33(26(18)36)21-7-8-22(34)30-25(21)35/h2-4,13,15-16,21H,7-12,14H2,1H3,(H,30,34,35). The fraction of sp³-hybridized carbons (Fsp3) is 0.385. The molecule has 10 nitrogen and oxygen atoms in total. The largest absolute Gasteiger partial charge is 0.356 e. The van der Waals surface area contributed by atoms with Gasteiger partial charge in [-0.2, -0.15) is 5.10 Å². The van der Waals surface area contributed by atoms with E-state index in [0.29, 0.717) is 18.5 Å². The summed E-state index contributed by atoms with van der Waals surface area (Å²) in [5.41, 5.74) is 3.09. The van der Waals surface area contributed by atoms with Crippen LogP contribution in [-0.4, -0.2) is 61.5 Å². The molecule has 0 saturated carbocycles. The Kier molecular flexibility index (Phi) is 5.40. The molecule has 5 heterocycles. The molecular weight excluding hydrogens is 458 g/mol. The molecule has 1 atom stereocenters. The maximum atomic E-state index is 13.0. The Bertz CT molecular complexity index is 1460. The van der Waals surface area contributed by atoms with Crippen molar-refractivity contribution in [1.82, 2.24) is 30.0 Å². The molecule has 2 fully saturated rings. The van der Waals surface area contributed by atoms with Crippen LogP contribution in [0.2, 0.25) is 0 Å². The Morgan fingerprint density at radius 2 is 1.92 bits per heavy atom. The van der Waals surface area contributed by atoms with Crippen molar-refractivity contribution in [3.63, 3.8) is 0 Å². The lowest BCUT2D eigenvalue weighted by molar-refractivity contribution is -0.136. The first-order valence-electron chi connectivity index (χ1n) is 12.2. The Hall–Kier alpha value is -4.26. The van der Waals surface area contributed by atoms with E-state index < -0.39 is 11.9 Å². The highest BCUT2D eigenvalue weighted by molar-refractivity contribution is 6.05. The van der Waals surface area contributed by atoms with Crippen LogP contribution < -0.4 is 10.2 Å². The van der Waals surface area contributed by atoms with Crippen molar-refractivity contribution in [3.05, 3.63) is 47.4 Å². The van der Waals surface area contributed by atoms with Gasteiger partial charge in [-0.1, -0.05) is 17.9 Å². The van der Waals surface area contributed by atoms with E-state index in [9.17, 15) is 14.4 Å². The molecule has 1 unspecified atom stereocenters. The summed E-state index contributed by atoms with van der Waals surface area (Å²) in [4.78, 5) is 49.6. The van der Waals surface area contributed by atoms with Gasteiger partial charge in [0.2, 0.25) is 11.8 Å². The van der Waals surface area contributed by atoms with E-state index >= 15 is 0 Å². The predicted molar refractivity (Wildman–Crippen MR) is 131 cm³/mol. The molecule has 3 aliphatic heterocycles. The van der Waals surface area contributed by atoms with Crippen LogP contribution in [-0.2, 0) is 23.2 Å². The fourth-order valence-corrected chi connectivity index (χ4v) is 5.32. The monoisotopic (exact) mass is 483 g/mol. The van der Waals surface area contributed by atoms with Crippen LogP contribution in [0, 0.1) is 17.8 Å². The summed E-state index contributed by atoms with van der Waals surface area (Å²) >= 11 is 0. The van der Waals surface area contributed by atoms with Crippen LogP contribution in [0.5, 0.6) is 0 Å². The zero-order valence-electron chi connectivity index (χ0n) is 19.9. The van der Waals surface area contributed by atoms with Gasteiger partial charge in [0, 0.05) is 50.1 Å². The molecule has 0 radical (unpaired) electrons. The van der Waals surface area contributed by atoms with Gasteiger partial charge < -0.3 is 9.80 Å². The van der Waals surface area contributed by atoms with E-state index in [4.69, 9.17) is 0 Å². The molecule has 1 N–H and O–H groups in total. The number of carbonyl (C=O) groups is 3. The molecule has 0 bridgehead atoms. The van der Waals surface area contributed by atoms with E-state index in [1.807, 2.05) is 25.4 Å². The third kappa shape index (κ3) is 3.77. The molecule has 3 aliphatic rings. The first-order chi connectivity index (χ1) is 17.5. The number of piperidine rings is 2. The van der Waals surface area contributed by atoms with E-state index in [1.54, 1.807) is 22.0 Å². The van der Waals surface area contributed by atoms with Gasteiger partial charge in [0.15, 0.2) is 5.65 Å². The quantitative estimate of drug-likeness (QED) is 0.433. The van der Waals surface area contributed by atoms with Gasteiger partial charge in [0.25, 0.3) is 5.91 Å². The lowest BCUT2D eigenvalue weighted by atomic mass is 9.96. The number of nitrogens with one attached hydrogen (secondary N) is 1. The third-order valence-corrected chi connectivity index (χ3v) is 7.30. The maximum Gasteiger partial charge on any atom is 0.255 e. The van der Waals surface area contributed by atoms with Crippen molar-refractivity contribution in [3.8, 4) is 11.8 Å². The summed E-state index contributed by atoms with van der Waals surface area (Å²) in [6, 6.07) is 4.93. The Balaban J connectivity index is 1.16. The number of carbonyl (C=O) groups excluding carboxylic acids is 3. The van der Waals surface area contributed by atoms with E-state index in [2.05, 4.69) is 37.1 Å². The van der Waals surface area contributed by atoms with Crippen molar-refractivity contribution >= 4 is 34.6 Å². The van der Waals surface area contributed by atoms with Crippen molar-refractivity contribution in [2.75, 3.05) is 18.0 Å². The molecule has 36 heavy (non-hydrogen) atoms. The lowest BCUT2D eigenvalue weighted by Crippen LogP contribution is -2.52. The number of nitrogens with zero attached hydrogens (tertiary/aromatic N) is 6. The normalized spacial score (nSPS) is 20.4. The number of aryl methyl sites for hydroxylation is 1. The minimum Gasteiger partial charge on any atom is -0.356 e. The SMILES string of the molecule is Cn1ncc2c(N3CCC(C#Cc4cccc5c4CN(C4CCC(=O)NC4=O)C5=O)CC3)ncnc21. The number of rotatable bonds is 2. The van der Waals surface area contributed by atoms with Crippen LogP contribution in [0.15, 0.2) is 30.7 Å². The van der Waals surface area contributed by atoms with Gasteiger partial charge in [-0.3, -0.25) is 24.4 Å². The number of benzene rings is 1.